The van der Waals surface area contributed by atoms with E-state index in [2.05, 4.69) is 53.3 Å². The van der Waals surface area contributed by atoms with Crippen LogP contribution in [0.2, 0.25) is 0 Å². The van der Waals surface area contributed by atoms with Crippen LogP contribution in [0.3, 0.4) is 0 Å². The Labute approximate surface area is 201 Å². The van der Waals surface area contributed by atoms with Gasteiger partial charge in [-0.1, -0.05) is 25.9 Å². The van der Waals surface area contributed by atoms with Crippen molar-refractivity contribution in [3.8, 4) is 0 Å². The van der Waals surface area contributed by atoms with Crippen LogP contribution < -0.4 is 5.32 Å². The maximum atomic E-state index is 5.18. The summed E-state index contributed by atoms with van der Waals surface area (Å²) in [5, 5.41) is 10.9. The van der Waals surface area contributed by atoms with Gasteiger partial charge in [-0.05, 0) is 13.8 Å². The molecule has 0 amide bonds. The van der Waals surface area contributed by atoms with Crippen molar-refractivity contribution in [2.45, 2.75) is 53.0 Å². The van der Waals surface area contributed by atoms with Crippen LogP contribution in [0, 0.1) is 6.92 Å². The Bertz CT molecular complexity index is 805. The zero-order valence-corrected chi connectivity index (χ0v) is 21.9. The van der Waals surface area contributed by atoms with Gasteiger partial charge in [0, 0.05) is 69.1 Å². The highest BCUT2D eigenvalue weighted by Gasteiger charge is 2.21. The van der Waals surface area contributed by atoms with Crippen molar-refractivity contribution in [3.05, 3.63) is 33.6 Å². The first kappa shape index (κ1) is 25.1. The summed E-state index contributed by atoms with van der Waals surface area (Å²) >= 11 is 1.75. The van der Waals surface area contributed by atoms with Crippen molar-refractivity contribution in [2.75, 3.05) is 39.3 Å². The number of nitrogens with one attached hydrogen (secondary N) is 1. The molecule has 2 aromatic rings. The minimum Gasteiger partial charge on any atom is -0.361 e. The Kier molecular flexibility index (Phi) is 9.55. The molecule has 0 atom stereocenters. The Morgan fingerprint density at radius 2 is 2.00 bits per heavy atom. The molecule has 0 bridgehead atoms. The summed E-state index contributed by atoms with van der Waals surface area (Å²) in [5.74, 6) is 1.88. The van der Waals surface area contributed by atoms with Crippen LogP contribution >= 0.6 is 35.3 Å². The number of guanidine groups is 1. The maximum Gasteiger partial charge on any atom is 0.194 e. The predicted molar refractivity (Wildman–Crippen MR) is 134 cm³/mol. The van der Waals surface area contributed by atoms with Gasteiger partial charge in [-0.25, -0.2) is 4.98 Å². The molecule has 2 aromatic heterocycles. The molecule has 0 radical (unpaired) electrons. The Balaban J connectivity index is 0.00000320. The standard InChI is InChI=1S/C21H34N6OS.HI/c1-6-22-20(23-8-7-19-24-18(15-29-19)21(3,4)5)27-11-9-26(10-12-27)14-17-13-16(2)28-25-17;/h13,15H,6-12,14H2,1-5H3,(H,22,23);1H. The third kappa shape index (κ3) is 7.19. The van der Waals surface area contributed by atoms with Crippen molar-refractivity contribution in [1.82, 2.24) is 25.3 Å². The smallest absolute Gasteiger partial charge is 0.194 e. The average molecular weight is 547 g/mol. The van der Waals surface area contributed by atoms with Gasteiger partial charge in [0.05, 0.1) is 16.4 Å². The number of nitrogens with zero attached hydrogens (tertiary/aromatic N) is 5. The van der Waals surface area contributed by atoms with Gasteiger partial charge in [0.25, 0.3) is 0 Å². The number of rotatable bonds is 6. The fraction of sp³-hybridized carbons (Fsp3) is 0.667. The highest BCUT2D eigenvalue weighted by atomic mass is 127. The lowest BCUT2D eigenvalue weighted by Crippen LogP contribution is -2.52. The molecule has 9 heteroatoms. The first-order valence-electron chi connectivity index (χ1n) is 10.5. The first-order chi connectivity index (χ1) is 13.8. The van der Waals surface area contributed by atoms with Gasteiger partial charge in [-0.3, -0.25) is 9.89 Å². The molecule has 0 aliphatic carbocycles. The Morgan fingerprint density at radius 3 is 2.57 bits per heavy atom. The van der Waals surface area contributed by atoms with Crippen LogP contribution in [0.15, 0.2) is 21.0 Å². The average Bonchev–Trinajstić information content (AvgIpc) is 3.31. The highest BCUT2D eigenvalue weighted by molar-refractivity contribution is 14.0. The van der Waals surface area contributed by atoms with Crippen molar-refractivity contribution in [2.24, 2.45) is 4.99 Å². The number of halogens is 1. The molecule has 0 aromatic carbocycles. The summed E-state index contributed by atoms with van der Waals surface area (Å²) < 4.78 is 5.18. The maximum absolute atomic E-state index is 5.18. The van der Waals surface area contributed by atoms with Crippen LogP contribution in [-0.2, 0) is 18.4 Å². The summed E-state index contributed by atoms with van der Waals surface area (Å²) in [6.45, 7) is 17.1. The minimum absolute atomic E-state index is 0. The van der Waals surface area contributed by atoms with Crippen LogP contribution in [-0.4, -0.2) is 65.2 Å². The first-order valence-corrected chi connectivity index (χ1v) is 11.4. The molecule has 7 nitrogen and oxygen atoms in total. The number of aryl methyl sites for hydroxylation is 1. The molecule has 3 heterocycles. The van der Waals surface area contributed by atoms with Crippen molar-refractivity contribution < 1.29 is 4.52 Å². The molecule has 1 aliphatic heterocycles. The topological polar surface area (TPSA) is 69.8 Å². The zero-order chi connectivity index (χ0) is 20.9. The number of hydrogen-bond acceptors (Lipinski definition) is 6. The lowest BCUT2D eigenvalue weighted by atomic mass is 9.93. The molecule has 0 spiro atoms. The van der Waals surface area contributed by atoms with Gasteiger partial charge in [-0.15, -0.1) is 35.3 Å². The van der Waals surface area contributed by atoms with E-state index >= 15 is 0 Å². The summed E-state index contributed by atoms with van der Waals surface area (Å²) in [4.78, 5) is 14.4. The number of thiazole rings is 1. The Hall–Kier alpha value is -1.20. The van der Waals surface area contributed by atoms with Gasteiger partial charge >= 0.3 is 0 Å². The molecule has 1 saturated heterocycles. The van der Waals surface area contributed by atoms with Gasteiger partial charge < -0.3 is 14.7 Å². The lowest BCUT2D eigenvalue weighted by Gasteiger charge is -2.36. The summed E-state index contributed by atoms with van der Waals surface area (Å²) in [6, 6.07) is 2.02. The number of hydrogen-bond donors (Lipinski definition) is 1. The second kappa shape index (κ2) is 11.4. The Morgan fingerprint density at radius 1 is 1.27 bits per heavy atom. The number of piperazine rings is 1. The fourth-order valence-electron chi connectivity index (χ4n) is 3.29. The van der Waals surface area contributed by atoms with Crippen LogP contribution in [0.4, 0.5) is 0 Å². The largest absolute Gasteiger partial charge is 0.361 e. The van der Waals surface area contributed by atoms with E-state index in [0.717, 1.165) is 69.6 Å². The van der Waals surface area contributed by atoms with E-state index in [4.69, 9.17) is 14.5 Å². The quantitative estimate of drug-likeness (QED) is 0.339. The highest BCUT2D eigenvalue weighted by Crippen LogP contribution is 2.24. The lowest BCUT2D eigenvalue weighted by molar-refractivity contribution is 0.169. The molecule has 0 unspecified atom stereocenters. The van der Waals surface area contributed by atoms with E-state index < -0.39 is 0 Å². The summed E-state index contributed by atoms with van der Waals surface area (Å²) in [6.07, 6.45) is 0.890. The summed E-state index contributed by atoms with van der Waals surface area (Å²) in [5.41, 5.74) is 2.29. The summed E-state index contributed by atoms with van der Waals surface area (Å²) in [7, 11) is 0. The second-order valence-electron chi connectivity index (χ2n) is 8.55. The molecule has 30 heavy (non-hydrogen) atoms. The molecule has 168 valence electrons. The van der Waals surface area contributed by atoms with Gasteiger partial charge in [0.1, 0.15) is 5.76 Å². The van der Waals surface area contributed by atoms with Crippen molar-refractivity contribution >= 4 is 41.3 Å². The van der Waals surface area contributed by atoms with E-state index in [1.807, 2.05) is 13.0 Å². The van der Waals surface area contributed by atoms with Crippen molar-refractivity contribution in [3.63, 3.8) is 0 Å². The molecule has 0 saturated carbocycles. The van der Waals surface area contributed by atoms with Gasteiger partial charge in [0.2, 0.25) is 0 Å². The number of aliphatic imine (C=N–C) groups is 1. The molecule has 1 aliphatic rings. The molecular formula is C21H35IN6OS. The molecule has 1 fully saturated rings. The fourth-order valence-corrected chi connectivity index (χ4v) is 4.31. The SMILES string of the molecule is CCNC(=NCCc1nc(C(C)(C)C)cs1)N1CCN(Cc2cc(C)on2)CC1.I. The molecule has 3 rings (SSSR count). The monoisotopic (exact) mass is 546 g/mol. The third-order valence-corrected chi connectivity index (χ3v) is 5.89. The van der Waals surface area contributed by atoms with E-state index in [0.29, 0.717) is 0 Å². The third-order valence-electron chi connectivity index (χ3n) is 4.98. The van der Waals surface area contributed by atoms with E-state index in [1.54, 1.807) is 11.3 Å². The molecular weight excluding hydrogens is 511 g/mol. The van der Waals surface area contributed by atoms with Crippen molar-refractivity contribution in [1.29, 1.82) is 0 Å². The van der Waals surface area contributed by atoms with Crippen LogP contribution in [0.1, 0.15) is 49.9 Å². The van der Waals surface area contributed by atoms with Gasteiger partial charge in [0.15, 0.2) is 5.96 Å². The predicted octanol–water partition coefficient (Wildman–Crippen LogP) is 3.68. The normalized spacial score (nSPS) is 15.9. The van der Waals surface area contributed by atoms with E-state index in [1.165, 1.54) is 10.7 Å². The van der Waals surface area contributed by atoms with Gasteiger partial charge in [-0.2, -0.15) is 0 Å². The van der Waals surface area contributed by atoms with E-state index in [9.17, 15) is 0 Å². The van der Waals surface area contributed by atoms with Crippen LogP contribution in [0.5, 0.6) is 0 Å². The molecule has 1 N–H and O–H groups in total. The number of aromatic nitrogens is 2. The zero-order valence-electron chi connectivity index (χ0n) is 18.8. The van der Waals surface area contributed by atoms with Crippen LogP contribution in [0.25, 0.3) is 0 Å². The second-order valence-corrected chi connectivity index (χ2v) is 9.50. The van der Waals surface area contributed by atoms with E-state index in [-0.39, 0.29) is 29.4 Å². The minimum atomic E-state index is 0.